The van der Waals surface area contributed by atoms with Crippen molar-refractivity contribution in [1.29, 1.82) is 0 Å². The fourth-order valence-electron chi connectivity index (χ4n) is 0.916. The Bertz CT molecular complexity index is 351. The van der Waals surface area contributed by atoms with Gasteiger partial charge in [-0.2, -0.15) is 0 Å². The molecule has 1 aromatic carbocycles. The van der Waals surface area contributed by atoms with Crippen molar-refractivity contribution < 1.29 is 9.90 Å². The van der Waals surface area contributed by atoms with Gasteiger partial charge >= 0.3 is 0 Å². The lowest BCUT2D eigenvalue weighted by atomic mass is 10.0. The predicted molar refractivity (Wildman–Crippen MR) is 65.8 cm³/mol. The van der Waals surface area contributed by atoms with Crippen LogP contribution in [-0.4, -0.2) is 11.4 Å². The predicted octanol–water partition coefficient (Wildman–Crippen LogP) is 3.73. The number of rotatable bonds is 2. The quantitative estimate of drug-likeness (QED) is 0.621. The van der Waals surface area contributed by atoms with E-state index < -0.39 is 4.32 Å². The summed E-state index contributed by atoms with van der Waals surface area (Å²) in [5.74, 6) is 0.128. The van der Waals surface area contributed by atoms with Gasteiger partial charge < -0.3 is 9.90 Å². The molecule has 0 heterocycles. The highest BCUT2D eigenvalue weighted by molar-refractivity contribution is 9.11. The van der Waals surface area contributed by atoms with E-state index in [4.69, 9.17) is 0 Å². The molecule has 76 valence electrons. The van der Waals surface area contributed by atoms with Crippen LogP contribution in [0.5, 0.6) is 5.75 Å². The van der Waals surface area contributed by atoms with E-state index in [0.29, 0.717) is 8.95 Å². The van der Waals surface area contributed by atoms with Gasteiger partial charge in [-0.15, -0.1) is 0 Å². The largest absolute Gasteiger partial charge is 0.506 e. The van der Waals surface area contributed by atoms with E-state index >= 15 is 0 Å². The number of phenolic OH excluding ortho intramolecular Hbond substituents is 1. The summed E-state index contributed by atoms with van der Waals surface area (Å²) < 4.78 is 0.370. The fourth-order valence-corrected chi connectivity index (χ4v) is 2.33. The Morgan fingerprint density at radius 3 is 2.14 bits per heavy atom. The molecule has 0 saturated carbocycles. The third kappa shape index (κ3) is 2.38. The first-order valence-corrected chi connectivity index (χ1v) is 6.10. The van der Waals surface area contributed by atoms with E-state index in [1.54, 1.807) is 19.1 Å². The van der Waals surface area contributed by atoms with E-state index in [9.17, 15) is 9.90 Å². The highest BCUT2D eigenvalue weighted by atomic mass is 79.9. The van der Waals surface area contributed by atoms with Crippen molar-refractivity contribution in [3.05, 3.63) is 26.6 Å². The van der Waals surface area contributed by atoms with Crippen LogP contribution < -0.4 is 0 Å². The second-order valence-electron chi connectivity index (χ2n) is 2.98. The summed E-state index contributed by atoms with van der Waals surface area (Å²) in [6, 6.07) is 3.40. The molecule has 0 spiro atoms. The first-order valence-electron chi connectivity index (χ1n) is 3.72. The second kappa shape index (κ2) is 4.33. The Hall–Kier alpha value is 0.130. The molecular weight excluding hydrogens is 380 g/mol. The summed E-state index contributed by atoms with van der Waals surface area (Å²) in [5.41, 5.74) is 0.768. The summed E-state index contributed by atoms with van der Waals surface area (Å²) in [4.78, 5) is 10.8. The smallest absolute Gasteiger partial charge is 0.143 e. The summed E-state index contributed by atoms with van der Waals surface area (Å²) in [6.45, 7) is 1.74. The van der Waals surface area contributed by atoms with Crippen LogP contribution in [0.3, 0.4) is 0 Å². The Labute approximate surface area is 107 Å². The minimum atomic E-state index is -0.730. The molecule has 0 bridgehead atoms. The molecular formula is C9H7Br3O2. The first-order chi connectivity index (χ1) is 6.38. The van der Waals surface area contributed by atoms with Crippen LogP contribution >= 0.6 is 47.8 Å². The number of carbonyl (C=O) groups is 1. The normalized spacial score (nSPS) is 14.9. The maximum atomic E-state index is 10.8. The average Bonchev–Trinajstić information content (AvgIpc) is 2.13. The average molecular weight is 387 g/mol. The van der Waals surface area contributed by atoms with Gasteiger partial charge in [0.1, 0.15) is 16.4 Å². The molecule has 0 aromatic heterocycles. The number of carbonyl (C=O) groups excluding carboxylic acids is 1. The SMILES string of the molecule is CC(Br)(C=O)c1cc(Br)c(O)c(Br)c1. The molecule has 1 rings (SSSR count). The molecule has 0 fully saturated rings. The number of hydrogen-bond donors (Lipinski definition) is 1. The van der Waals surface area contributed by atoms with E-state index in [1.807, 2.05) is 0 Å². The van der Waals surface area contributed by atoms with Crippen molar-refractivity contribution in [3.8, 4) is 5.75 Å². The number of alkyl halides is 1. The molecule has 1 unspecified atom stereocenters. The Morgan fingerprint density at radius 2 is 1.79 bits per heavy atom. The van der Waals surface area contributed by atoms with Gasteiger partial charge in [-0.05, 0) is 56.5 Å². The van der Waals surface area contributed by atoms with Gasteiger partial charge in [0.25, 0.3) is 0 Å². The molecule has 14 heavy (non-hydrogen) atoms. The van der Waals surface area contributed by atoms with Crippen LogP contribution in [0.1, 0.15) is 12.5 Å². The van der Waals surface area contributed by atoms with Gasteiger partial charge in [-0.3, -0.25) is 0 Å². The second-order valence-corrected chi connectivity index (χ2v) is 6.34. The summed E-state index contributed by atoms with van der Waals surface area (Å²) >= 11 is 9.69. The van der Waals surface area contributed by atoms with Gasteiger partial charge in [0, 0.05) is 0 Å². The molecule has 1 atom stereocenters. The van der Waals surface area contributed by atoms with Crippen molar-refractivity contribution in [2.45, 2.75) is 11.2 Å². The maximum Gasteiger partial charge on any atom is 0.143 e. The third-order valence-electron chi connectivity index (χ3n) is 1.80. The maximum absolute atomic E-state index is 10.8. The van der Waals surface area contributed by atoms with Crippen molar-refractivity contribution in [2.24, 2.45) is 0 Å². The minimum Gasteiger partial charge on any atom is -0.506 e. The van der Waals surface area contributed by atoms with Gasteiger partial charge in [-0.1, -0.05) is 15.9 Å². The molecule has 0 aliphatic carbocycles. The molecule has 0 aliphatic heterocycles. The Kier molecular flexibility index (Phi) is 3.77. The number of aldehydes is 1. The van der Waals surface area contributed by atoms with Gasteiger partial charge in [0.15, 0.2) is 0 Å². The van der Waals surface area contributed by atoms with Crippen LogP contribution in [0.2, 0.25) is 0 Å². The lowest BCUT2D eigenvalue weighted by Gasteiger charge is -2.16. The van der Waals surface area contributed by atoms with E-state index in [-0.39, 0.29) is 5.75 Å². The van der Waals surface area contributed by atoms with Crippen molar-refractivity contribution >= 4 is 54.1 Å². The Morgan fingerprint density at radius 1 is 1.36 bits per heavy atom. The van der Waals surface area contributed by atoms with Crippen molar-refractivity contribution in [2.75, 3.05) is 0 Å². The molecule has 1 aromatic rings. The van der Waals surface area contributed by atoms with Crippen LogP contribution in [0.4, 0.5) is 0 Å². The monoisotopic (exact) mass is 384 g/mol. The lowest BCUT2D eigenvalue weighted by Crippen LogP contribution is -2.14. The molecule has 0 aliphatic rings. The van der Waals surface area contributed by atoms with Crippen molar-refractivity contribution in [1.82, 2.24) is 0 Å². The summed E-state index contributed by atoms with van der Waals surface area (Å²) in [5, 5.41) is 9.47. The number of hydrogen-bond acceptors (Lipinski definition) is 2. The zero-order valence-corrected chi connectivity index (χ0v) is 12.0. The summed E-state index contributed by atoms with van der Waals surface area (Å²) in [7, 11) is 0. The highest BCUT2D eigenvalue weighted by Gasteiger charge is 2.23. The molecule has 5 heteroatoms. The van der Waals surface area contributed by atoms with Gasteiger partial charge in [0.05, 0.1) is 8.95 Å². The number of benzene rings is 1. The zero-order valence-electron chi connectivity index (χ0n) is 7.22. The Balaban J connectivity index is 3.32. The molecule has 0 radical (unpaired) electrons. The zero-order chi connectivity index (χ0) is 10.9. The number of phenols is 1. The number of aromatic hydroxyl groups is 1. The van der Waals surface area contributed by atoms with Crippen LogP contribution in [0.15, 0.2) is 21.1 Å². The van der Waals surface area contributed by atoms with E-state index in [2.05, 4.69) is 47.8 Å². The topological polar surface area (TPSA) is 37.3 Å². The lowest BCUT2D eigenvalue weighted by molar-refractivity contribution is -0.109. The molecule has 2 nitrogen and oxygen atoms in total. The molecule has 0 amide bonds. The first kappa shape index (κ1) is 12.2. The summed E-state index contributed by atoms with van der Waals surface area (Å²) in [6.07, 6.45) is 0.804. The van der Waals surface area contributed by atoms with E-state index in [1.165, 1.54) is 0 Å². The standard InChI is InChI=1S/C9H7Br3O2/c1-9(12,4-13)5-2-6(10)8(14)7(11)3-5/h2-4,14H,1H3. The fraction of sp³-hybridized carbons (Fsp3) is 0.222. The number of halogens is 3. The third-order valence-corrected chi connectivity index (χ3v) is 3.66. The van der Waals surface area contributed by atoms with Crippen molar-refractivity contribution in [3.63, 3.8) is 0 Å². The van der Waals surface area contributed by atoms with Gasteiger partial charge in [-0.25, -0.2) is 0 Å². The van der Waals surface area contributed by atoms with Crippen LogP contribution in [-0.2, 0) is 9.12 Å². The van der Waals surface area contributed by atoms with Crippen LogP contribution in [0, 0.1) is 0 Å². The van der Waals surface area contributed by atoms with Crippen LogP contribution in [0.25, 0.3) is 0 Å². The highest BCUT2D eigenvalue weighted by Crippen LogP contribution is 2.38. The molecule has 1 N–H and O–H groups in total. The van der Waals surface area contributed by atoms with E-state index in [0.717, 1.165) is 11.8 Å². The van der Waals surface area contributed by atoms with Gasteiger partial charge in [0.2, 0.25) is 0 Å². The minimum absolute atomic E-state index is 0.128. The molecule has 0 saturated heterocycles.